The smallest absolute Gasteiger partial charge is 0.253 e. The predicted octanol–water partition coefficient (Wildman–Crippen LogP) is 2.31. The van der Waals surface area contributed by atoms with Crippen LogP contribution in [0.5, 0.6) is 0 Å². The molecule has 1 aliphatic rings. The van der Waals surface area contributed by atoms with E-state index in [4.69, 9.17) is 0 Å². The van der Waals surface area contributed by atoms with Crippen LogP contribution in [0.2, 0.25) is 0 Å². The second-order valence-corrected chi connectivity index (χ2v) is 3.72. The van der Waals surface area contributed by atoms with Gasteiger partial charge in [-0.05, 0) is 31.4 Å². The number of amides is 1. The molecule has 1 aromatic carbocycles. The quantitative estimate of drug-likeness (QED) is 0.664. The van der Waals surface area contributed by atoms with Crippen molar-refractivity contribution in [1.82, 2.24) is 4.90 Å². The first-order valence-electron chi connectivity index (χ1n) is 5.22. The Morgan fingerprint density at radius 1 is 1.00 bits per heavy atom. The molecule has 2 heteroatoms. The minimum atomic E-state index is 0.185. The summed E-state index contributed by atoms with van der Waals surface area (Å²) in [6.07, 6.45) is 3.57. The van der Waals surface area contributed by atoms with Crippen LogP contribution < -0.4 is 0 Å². The van der Waals surface area contributed by atoms with Crippen molar-refractivity contribution < 1.29 is 4.79 Å². The maximum absolute atomic E-state index is 11.9. The van der Waals surface area contributed by atoms with Gasteiger partial charge in [0.25, 0.3) is 5.91 Å². The number of rotatable bonds is 1. The van der Waals surface area contributed by atoms with Gasteiger partial charge in [0, 0.05) is 18.7 Å². The first-order valence-corrected chi connectivity index (χ1v) is 5.22. The van der Waals surface area contributed by atoms with Crippen LogP contribution in [0.1, 0.15) is 29.6 Å². The van der Waals surface area contributed by atoms with E-state index in [2.05, 4.69) is 0 Å². The summed E-state index contributed by atoms with van der Waals surface area (Å²) in [6.45, 7) is 1.85. The van der Waals surface area contributed by atoms with Crippen LogP contribution >= 0.6 is 0 Å². The van der Waals surface area contributed by atoms with Crippen LogP contribution in [-0.2, 0) is 0 Å². The van der Waals surface area contributed by atoms with Crippen LogP contribution in [-0.4, -0.2) is 23.9 Å². The second-order valence-electron chi connectivity index (χ2n) is 3.72. The Balaban J connectivity index is 2.07. The van der Waals surface area contributed by atoms with Gasteiger partial charge >= 0.3 is 0 Å². The highest BCUT2D eigenvalue weighted by atomic mass is 16.2. The maximum Gasteiger partial charge on any atom is 0.253 e. The van der Waals surface area contributed by atoms with Crippen LogP contribution in [0.25, 0.3) is 0 Å². The average molecular weight is 189 g/mol. The molecule has 0 saturated carbocycles. The molecule has 1 heterocycles. The first-order chi connectivity index (χ1) is 6.88. The standard InChI is InChI=1S/C12H15NO/c14-12(11-7-3-1-4-8-11)13-9-5-2-6-10-13/h1,3-4,7-8H,2,5-6,9-10H2. The lowest BCUT2D eigenvalue weighted by molar-refractivity contribution is 0.0724. The number of benzene rings is 1. The lowest BCUT2D eigenvalue weighted by atomic mass is 10.1. The number of likely N-dealkylation sites (tertiary alicyclic amines) is 1. The van der Waals surface area contributed by atoms with E-state index in [1.165, 1.54) is 6.42 Å². The molecule has 2 nitrogen and oxygen atoms in total. The molecule has 0 spiro atoms. The molecule has 14 heavy (non-hydrogen) atoms. The Hall–Kier alpha value is -1.31. The minimum absolute atomic E-state index is 0.185. The van der Waals surface area contributed by atoms with Crippen molar-refractivity contribution in [2.75, 3.05) is 13.1 Å². The van der Waals surface area contributed by atoms with Gasteiger partial charge in [-0.3, -0.25) is 4.79 Å². The number of carbonyl (C=O) groups is 1. The molecular formula is C12H15NO. The van der Waals surface area contributed by atoms with Gasteiger partial charge in [0.15, 0.2) is 0 Å². The third-order valence-electron chi connectivity index (χ3n) is 2.66. The lowest BCUT2D eigenvalue weighted by Gasteiger charge is -2.26. The van der Waals surface area contributed by atoms with Crippen molar-refractivity contribution in [2.45, 2.75) is 19.3 Å². The van der Waals surface area contributed by atoms with Crippen molar-refractivity contribution >= 4 is 5.91 Å². The summed E-state index contributed by atoms with van der Waals surface area (Å²) in [4.78, 5) is 13.9. The maximum atomic E-state index is 11.9. The highest BCUT2D eigenvalue weighted by Crippen LogP contribution is 2.12. The molecule has 0 aliphatic carbocycles. The molecular weight excluding hydrogens is 174 g/mol. The number of carbonyl (C=O) groups excluding carboxylic acids is 1. The molecule has 74 valence electrons. The van der Waals surface area contributed by atoms with E-state index in [0.29, 0.717) is 0 Å². The Morgan fingerprint density at radius 2 is 1.64 bits per heavy atom. The summed E-state index contributed by atoms with van der Waals surface area (Å²) in [6, 6.07) is 9.54. The average Bonchev–Trinajstić information content (AvgIpc) is 2.30. The van der Waals surface area contributed by atoms with Crippen LogP contribution in [0.15, 0.2) is 30.3 Å². The van der Waals surface area contributed by atoms with Gasteiger partial charge in [-0.25, -0.2) is 0 Å². The molecule has 2 rings (SSSR count). The summed E-state index contributed by atoms with van der Waals surface area (Å²) in [7, 11) is 0. The minimum Gasteiger partial charge on any atom is -0.339 e. The van der Waals surface area contributed by atoms with Gasteiger partial charge in [0.1, 0.15) is 0 Å². The summed E-state index contributed by atoms with van der Waals surface area (Å²) in [5, 5.41) is 0. The summed E-state index contributed by atoms with van der Waals surface area (Å²) in [5.74, 6) is 0.185. The zero-order chi connectivity index (χ0) is 9.80. The van der Waals surface area contributed by atoms with E-state index >= 15 is 0 Å². The zero-order valence-electron chi connectivity index (χ0n) is 8.28. The number of hydrogen-bond donors (Lipinski definition) is 0. The third-order valence-corrected chi connectivity index (χ3v) is 2.66. The van der Waals surface area contributed by atoms with E-state index in [1.54, 1.807) is 0 Å². The monoisotopic (exact) mass is 189 g/mol. The number of piperidine rings is 1. The highest BCUT2D eigenvalue weighted by molar-refractivity contribution is 5.94. The topological polar surface area (TPSA) is 20.3 Å². The van der Waals surface area contributed by atoms with E-state index in [0.717, 1.165) is 31.5 Å². The van der Waals surface area contributed by atoms with E-state index in [-0.39, 0.29) is 5.91 Å². The van der Waals surface area contributed by atoms with Gasteiger partial charge < -0.3 is 4.90 Å². The molecule has 0 N–H and O–H groups in total. The van der Waals surface area contributed by atoms with Gasteiger partial charge in [-0.1, -0.05) is 18.2 Å². The first kappa shape index (κ1) is 9.25. The molecule has 0 aromatic heterocycles. The Morgan fingerprint density at radius 3 is 2.29 bits per heavy atom. The lowest BCUT2D eigenvalue weighted by Crippen LogP contribution is -2.35. The van der Waals surface area contributed by atoms with Crippen molar-refractivity contribution in [3.05, 3.63) is 35.9 Å². The molecule has 0 atom stereocenters. The van der Waals surface area contributed by atoms with Gasteiger partial charge in [-0.15, -0.1) is 0 Å². The predicted molar refractivity (Wildman–Crippen MR) is 56.2 cm³/mol. The van der Waals surface area contributed by atoms with Gasteiger partial charge in [0.2, 0.25) is 0 Å². The summed E-state index contributed by atoms with van der Waals surface area (Å²) >= 11 is 0. The van der Waals surface area contributed by atoms with Crippen LogP contribution in [0, 0.1) is 0 Å². The van der Waals surface area contributed by atoms with Crippen molar-refractivity contribution in [1.29, 1.82) is 0 Å². The number of nitrogens with zero attached hydrogens (tertiary/aromatic N) is 1. The van der Waals surface area contributed by atoms with Crippen LogP contribution in [0.3, 0.4) is 0 Å². The normalized spacial score (nSPS) is 16.7. The fourth-order valence-electron chi connectivity index (χ4n) is 1.86. The van der Waals surface area contributed by atoms with Crippen LogP contribution in [0.4, 0.5) is 0 Å². The van der Waals surface area contributed by atoms with E-state index in [9.17, 15) is 4.79 Å². The molecule has 1 amide bonds. The van der Waals surface area contributed by atoms with E-state index < -0.39 is 0 Å². The Bertz CT molecular complexity index is 301. The fourth-order valence-corrected chi connectivity index (χ4v) is 1.86. The Labute approximate surface area is 84.5 Å². The van der Waals surface area contributed by atoms with Crippen molar-refractivity contribution in [2.24, 2.45) is 0 Å². The van der Waals surface area contributed by atoms with Gasteiger partial charge in [0.05, 0.1) is 0 Å². The Kier molecular flexibility index (Phi) is 2.82. The number of hydrogen-bond acceptors (Lipinski definition) is 1. The van der Waals surface area contributed by atoms with Gasteiger partial charge in [-0.2, -0.15) is 0 Å². The molecule has 0 radical (unpaired) electrons. The second kappa shape index (κ2) is 4.27. The van der Waals surface area contributed by atoms with E-state index in [1.807, 2.05) is 35.2 Å². The zero-order valence-corrected chi connectivity index (χ0v) is 8.28. The molecule has 1 aromatic rings. The molecule has 1 fully saturated rings. The summed E-state index contributed by atoms with van der Waals surface area (Å²) in [5.41, 5.74) is 0.814. The van der Waals surface area contributed by atoms with Crippen molar-refractivity contribution in [3.63, 3.8) is 0 Å². The SMILES string of the molecule is O=C(c1ccccc1)N1CCCCC1. The van der Waals surface area contributed by atoms with Crippen molar-refractivity contribution in [3.8, 4) is 0 Å². The molecule has 1 saturated heterocycles. The largest absolute Gasteiger partial charge is 0.339 e. The molecule has 0 unspecified atom stereocenters. The highest BCUT2D eigenvalue weighted by Gasteiger charge is 2.17. The third kappa shape index (κ3) is 1.95. The molecule has 0 bridgehead atoms. The summed E-state index contributed by atoms with van der Waals surface area (Å²) < 4.78 is 0. The fraction of sp³-hybridized carbons (Fsp3) is 0.417. The molecule has 1 aliphatic heterocycles.